The van der Waals surface area contributed by atoms with Crippen molar-refractivity contribution in [3.63, 3.8) is 0 Å². The van der Waals surface area contributed by atoms with Crippen LogP contribution in [0.1, 0.15) is 30.1 Å². The molecule has 7 nitrogen and oxygen atoms in total. The Balaban J connectivity index is 1.63. The Bertz CT molecular complexity index is 975. The highest BCUT2D eigenvalue weighted by atomic mass is 35.5. The summed E-state index contributed by atoms with van der Waals surface area (Å²) in [6.45, 7) is 1.42. The summed E-state index contributed by atoms with van der Waals surface area (Å²) >= 11 is 11.9. The molecule has 1 aliphatic rings. The minimum Gasteiger partial charge on any atom is -0.449 e. The van der Waals surface area contributed by atoms with E-state index in [1.807, 2.05) is 0 Å². The van der Waals surface area contributed by atoms with Crippen molar-refractivity contribution in [1.29, 1.82) is 0 Å². The van der Waals surface area contributed by atoms with Crippen molar-refractivity contribution in [2.24, 2.45) is 0 Å². The predicted octanol–water partition coefficient (Wildman–Crippen LogP) is 3.83. The lowest BCUT2D eigenvalue weighted by Crippen LogP contribution is -2.30. The fourth-order valence-corrected chi connectivity index (χ4v) is 3.06. The maximum atomic E-state index is 12.3. The van der Waals surface area contributed by atoms with Gasteiger partial charge < -0.3 is 10.1 Å². The molecule has 0 spiro atoms. The van der Waals surface area contributed by atoms with Gasteiger partial charge in [-0.3, -0.25) is 19.3 Å². The minimum absolute atomic E-state index is 0.173. The van der Waals surface area contributed by atoms with Gasteiger partial charge in [-0.05, 0) is 49.4 Å². The first-order valence-corrected chi connectivity index (χ1v) is 9.44. The number of anilines is 2. The molecule has 1 N–H and O–H groups in total. The number of hydrogen-bond acceptors (Lipinski definition) is 5. The summed E-state index contributed by atoms with van der Waals surface area (Å²) in [6, 6.07) is 10.4. The fourth-order valence-electron chi connectivity index (χ4n) is 2.72. The first-order valence-electron chi connectivity index (χ1n) is 8.69. The molecule has 0 aliphatic carbocycles. The highest BCUT2D eigenvalue weighted by molar-refractivity contribution is 6.35. The van der Waals surface area contributed by atoms with Crippen LogP contribution in [-0.2, 0) is 19.1 Å². The highest BCUT2D eigenvalue weighted by Crippen LogP contribution is 2.26. The first-order chi connectivity index (χ1) is 13.8. The van der Waals surface area contributed by atoms with E-state index in [2.05, 4.69) is 5.32 Å². The van der Waals surface area contributed by atoms with E-state index >= 15 is 0 Å². The monoisotopic (exact) mass is 434 g/mol. The summed E-state index contributed by atoms with van der Waals surface area (Å²) < 4.78 is 5.17. The quantitative estimate of drug-likeness (QED) is 0.569. The smallest absolute Gasteiger partial charge is 0.338 e. The molecule has 150 valence electrons. The third-order valence-corrected chi connectivity index (χ3v) is 4.82. The van der Waals surface area contributed by atoms with E-state index in [0.29, 0.717) is 21.4 Å². The molecule has 0 bridgehead atoms. The van der Waals surface area contributed by atoms with Gasteiger partial charge in [0.25, 0.3) is 5.91 Å². The number of amides is 3. The van der Waals surface area contributed by atoms with Crippen LogP contribution in [0.4, 0.5) is 11.4 Å². The molecule has 1 atom stereocenters. The second-order valence-corrected chi connectivity index (χ2v) is 7.17. The van der Waals surface area contributed by atoms with Crippen molar-refractivity contribution in [2.75, 3.05) is 10.2 Å². The number of rotatable bonds is 5. The Labute approximate surface area is 176 Å². The zero-order valence-electron chi connectivity index (χ0n) is 15.3. The summed E-state index contributed by atoms with van der Waals surface area (Å²) in [4.78, 5) is 49.2. The van der Waals surface area contributed by atoms with Gasteiger partial charge in [-0.15, -0.1) is 0 Å². The number of nitrogens with one attached hydrogen (secondary N) is 1. The van der Waals surface area contributed by atoms with E-state index in [-0.39, 0.29) is 30.2 Å². The van der Waals surface area contributed by atoms with E-state index in [0.717, 1.165) is 4.90 Å². The number of carbonyl (C=O) groups is 4. The summed E-state index contributed by atoms with van der Waals surface area (Å²) in [5, 5.41) is 3.24. The number of hydrogen-bond donors (Lipinski definition) is 1. The van der Waals surface area contributed by atoms with Crippen LogP contribution in [0.15, 0.2) is 42.5 Å². The Hall–Kier alpha value is -2.90. The molecule has 2 aromatic rings. The molecule has 0 radical (unpaired) electrons. The second-order valence-electron chi connectivity index (χ2n) is 6.33. The average molecular weight is 435 g/mol. The van der Waals surface area contributed by atoms with E-state index in [9.17, 15) is 19.2 Å². The highest BCUT2D eigenvalue weighted by Gasteiger charge is 2.30. The molecule has 1 unspecified atom stereocenters. The first kappa shape index (κ1) is 20.8. The van der Waals surface area contributed by atoms with Crippen molar-refractivity contribution in [1.82, 2.24) is 0 Å². The third-order valence-electron chi connectivity index (χ3n) is 4.25. The van der Waals surface area contributed by atoms with Crippen molar-refractivity contribution in [3.8, 4) is 0 Å². The van der Waals surface area contributed by atoms with Crippen LogP contribution in [0.5, 0.6) is 0 Å². The predicted molar refractivity (Wildman–Crippen MR) is 108 cm³/mol. The summed E-state index contributed by atoms with van der Waals surface area (Å²) in [7, 11) is 0. The van der Waals surface area contributed by atoms with Crippen molar-refractivity contribution >= 4 is 58.3 Å². The number of carbonyl (C=O) groups excluding carboxylic acids is 4. The maximum Gasteiger partial charge on any atom is 0.338 e. The summed E-state index contributed by atoms with van der Waals surface area (Å²) in [5.74, 6) is -1.87. The molecule has 1 fully saturated rings. The van der Waals surface area contributed by atoms with Gasteiger partial charge in [0.2, 0.25) is 11.8 Å². The van der Waals surface area contributed by atoms with Crippen LogP contribution in [0.25, 0.3) is 0 Å². The van der Waals surface area contributed by atoms with Gasteiger partial charge in [-0.2, -0.15) is 0 Å². The van der Waals surface area contributed by atoms with Gasteiger partial charge in [0.1, 0.15) is 0 Å². The van der Waals surface area contributed by atoms with E-state index < -0.39 is 18.0 Å². The number of imide groups is 1. The second kappa shape index (κ2) is 8.63. The third kappa shape index (κ3) is 4.75. The van der Waals surface area contributed by atoms with Gasteiger partial charge in [0, 0.05) is 17.9 Å². The molecule has 1 saturated heterocycles. The fraction of sp³-hybridized carbons (Fsp3) is 0.200. The Morgan fingerprint density at radius 1 is 1.03 bits per heavy atom. The standard InChI is InChI=1S/C20H16Cl2N2O5/c1-11(19(27)23-16-10-13(21)4-7-15(16)22)29-20(28)12-2-5-14(6-3-12)24-17(25)8-9-18(24)26/h2-7,10-11H,8-9H2,1H3,(H,23,27). The Kier molecular flexibility index (Phi) is 6.20. The molecule has 3 amide bonds. The van der Waals surface area contributed by atoms with Gasteiger partial charge >= 0.3 is 5.97 Å². The van der Waals surface area contributed by atoms with E-state index in [1.54, 1.807) is 6.07 Å². The van der Waals surface area contributed by atoms with Crippen LogP contribution in [0, 0.1) is 0 Å². The number of benzene rings is 2. The van der Waals surface area contributed by atoms with Crippen LogP contribution in [0.2, 0.25) is 10.0 Å². The number of ether oxygens (including phenoxy) is 1. The number of nitrogens with zero attached hydrogens (tertiary/aromatic N) is 1. The molecule has 3 rings (SSSR count). The molecule has 1 aliphatic heterocycles. The topological polar surface area (TPSA) is 92.8 Å². The molecular formula is C20H16Cl2N2O5. The van der Waals surface area contributed by atoms with Crippen LogP contribution >= 0.6 is 23.2 Å². The van der Waals surface area contributed by atoms with Gasteiger partial charge in [-0.1, -0.05) is 23.2 Å². The Morgan fingerprint density at radius 2 is 1.66 bits per heavy atom. The molecule has 1 heterocycles. The number of esters is 1. The minimum atomic E-state index is -1.10. The zero-order valence-corrected chi connectivity index (χ0v) is 16.8. The van der Waals surface area contributed by atoms with Gasteiger partial charge in [-0.25, -0.2) is 4.79 Å². The largest absolute Gasteiger partial charge is 0.449 e. The van der Waals surface area contributed by atoms with Crippen molar-refractivity contribution < 1.29 is 23.9 Å². The van der Waals surface area contributed by atoms with Crippen LogP contribution in [-0.4, -0.2) is 29.8 Å². The molecule has 0 saturated carbocycles. The number of halogens is 2. The lowest BCUT2D eigenvalue weighted by atomic mass is 10.2. The van der Waals surface area contributed by atoms with Crippen LogP contribution in [0.3, 0.4) is 0 Å². The SMILES string of the molecule is CC(OC(=O)c1ccc(N2C(=O)CCC2=O)cc1)C(=O)Nc1cc(Cl)ccc1Cl. The molecular weight excluding hydrogens is 419 g/mol. The van der Waals surface area contributed by atoms with Gasteiger partial charge in [0.05, 0.1) is 22.0 Å². The molecule has 2 aromatic carbocycles. The van der Waals surface area contributed by atoms with Crippen molar-refractivity contribution in [3.05, 3.63) is 58.1 Å². The lowest BCUT2D eigenvalue weighted by molar-refractivity contribution is -0.124. The van der Waals surface area contributed by atoms with E-state index in [1.165, 1.54) is 43.3 Å². The van der Waals surface area contributed by atoms with Crippen LogP contribution < -0.4 is 10.2 Å². The van der Waals surface area contributed by atoms with E-state index in [4.69, 9.17) is 27.9 Å². The zero-order chi connectivity index (χ0) is 21.1. The maximum absolute atomic E-state index is 12.3. The lowest BCUT2D eigenvalue weighted by Gasteiger charge is -2.16. The normalized spacial score (nSPS) is 14.7. The van der Waals surface area contributed by atoms with Gasteiger partial charge in [0.15, 0.2) is 6.10 Å². The average Bonchev–Trinajstić information content (AvgIpc) is 3.03. The summed E-state index contributed by atoms with van der Waals surface area (Å²) in [5.41, 5.74) is 0.861. The Morgan fingerprint density at radius 3 is 2.28 bits per heavy atom. The molecule has 0 aromatic heterocycles. The molecule has 29 heavy (non-hydrogen) atoms. The summed E-state index contributed by atoms with van der Waals surface area (Å²) in [6.07, 6.45) is -0.753. The molecule has 9 heteroatoms. The van der Waals surface area contributed by atoms with Crippen molar-refractivity contribution in [2.45, 2.75) is 25.9 Å².